The van der Waals surface area contributed by atoms with E-state index in [0.29, 0.717) is 24.3 Å². The van der Waals surface area contributed by atoms with Gasteiger partial charge in [-0.25, -0.2) is 9.97 Å². The zero-order valence-electron chi connectivity index (χ0n) is 8.21. The van der Waals surface area contributed by atoms with Crippen molar-refractivity contribution >= 4 is 12.2 Å². The molecule has 0 fully saturated rings. The summed E-state index contributed by atoms with van der Waals surface area (Å²) >= 11 is 0. The maximum atomic E-state index is 10.3. The number of carbonyl (C=O) groups is 1. The van der Waals surface area contributed by atoms with Crippen LogP contribution < -0.4 is 4.90 Å². The molecule has 76 valence electrons. The van der Waals surface area contributed by atoms with E-state index in [4.69, 9.17) is 5.11 Å². The first-order chi connectivity index (χ1) is 6.63. The number of anilines is 1. The van der Waals surface area contributed by atoms with Gasteiger partial charge in [-0.2, -0.15) is 0 Å². The number of aldehydes is 1. The van der Waals surface area contributed by atoms with E-state index in [0.717, 1.165) is 0 Å². The number of hydrogen-bond acceptors (Lipinski definition) is 5. The molecule has 0 aromatic carbocycles. The minimum absolute atomic E-state index is 0.436. The summed E-state index contributed by atoms with van der Waals surface area (Å²) in [6.07, 6.45) is 3.16. The number of carbonyl (C=O) groups excluding carboxylic acids is 1. The van der Waals surface area contributed by atoms with E-state index in [2.05, 4.69) is 9.97 Å². The lowest BCUT2D eigenvalue weighted by atomic mass is 10.4. The van der Waals surface area contributed by atoms with Crippen LogP contribution in [0, 0.1) is 0 Å². The third-order valence-corrected chi connectivity index (χ3v) is 1.67. The van der Waals surface area contributed by atoms with Crippen LogP contribution in [0.1, 0.15) is 17.3 Å². The van der Waals surface area contributed by atoms with E-state index in [1.807, 2.05) is 0 Å². The second-order valence-corrected chi connectivity index (χ2v) is 3.16. The lowest BCUT2D eigenvalue weighted by Gasteiger charge is -2.17. The topological polar surface area (TPSA) is 66.3 Å². The van der Waals surface area contributed by atoms with Crippen molar-refractivity contribution < 1.29 is 9.90 Å². The van der Waals surface area contributed by atoms with Crippen LogP contribution in [-0.2, 0) is 0 Å². The Hall–Kier alpha value is -1.49. The molecule has 1 heterocycles. The van der Waals surface area contributed by atoms with Crippen LogP contribution in [0.2, 0.25) is 0 Å². The van der Waals surface area contributed by atoms with Gasteiger partial charge in [0.15, 0.2) is 6.29 Å². The van der Waals surface area contributed by atoms with Gasteiger partial charge in [0.1, 0.15) is 0 Å². The summed E-state index contributed by atoms with van der Waals surface area (Å²) in [5, 5.41) is 9.13. The third-order valence-electron chi connectivity index (χ3n) is 1.67. The first kappa shape index (κ1) is 10.6. The summed E-state index contributed by atoms with van der Waals surface area (Å²) in [7, 11) is 1.78. The average molecular weight is 195 g/mol. The van der Waals surface area contributed by atoms with Crippen LogP contribution in [0.5, 0.6) is 0 Å². The van der Waals surface area contributed by atoms with Crippen LogP contribution in [0.25, 0.3) is 0 Å². The molecule has 1 rings (SSSR count). The number of aliphatic hydroxyl groups excluding tert-OH is 1. The lowest BCUT2D eigenvalue weighted by molar-refractivity contribution is 0.112. The molecule has 0 aliphatic heterocycles. The smallest absolute Gasteiger partial charge is 0.225 e. The molecule has 0 bridgehead atoms. The van der Waals surface area contributed by atoms with Gasteiger partial charge in [0.25, 0.3) is 0 Å². The zero-order valence-corrected chi connectivity index (χ0v) is 8.21. The van der Waals surface area contributed by atoms with Crippen molar-refractivity contribution in [2.75, 3.05) is 18.5 Å². The fourth-order valence-corrected chi connectivity index (χ4v) is 1.07. The summed E-state index contributed by atoms with van der Waals surface area (Å²) in [6.45, 7) is 2.15. The lowest BCUT2D eigenvalue weighted by Crippen LogP contribution is -2.28. The van der Waals surface area contributed by atoms with Crippen molar-refractivity contribution in [3.05, 3.63) is 18.0 Å². The Labute approximate surface area is 82.4 Å². The van der Waals surface area contributed by atoms with Crippen molar-refractivity contribution in [1.29, 1.82) is 0 Å². The van der Waals surface area contributed by atoms with E-state index < -0.39 is 6.10 Å². The number of aliphatic hydroxyl groups is 1. The summed E-state index contributed by atoms with van der Waals surface area (Å²) in [6, 6.07) is 0. The van der Waals surface area contributed by atoms with Crippen LogP contribution >= 0.6 is 0 Å². The Bertz CT molecular complexity index is 297. The highest BCUT2D eigenvalue weighted by atomic mass is 16.3. The molecule has 1 aromatic rings. The second-order valence-electron chi connectivity index (χ2n) is 3.16. The van der Waals surface area contributed by atoms with E-state index in [1.54, 1.807) is 18.9 Å². The van der Waals surface area contributed by atoms with Gasteiger partial charge in [-0.3, -0.25) is 4.79 Å². The quantitative estimate of drug-likeness (QED) is 0.690. The van der Waals surface area contributed by atoms with Crippen LogP contribution in [-0.4, -0.2) is 41.1 Å². The minimum Gasteiger partial charge on any atom is -0.392 e. The SMILES string of the molecule is CC(O)CN(C)c1ncc(C=O)cn1. The van der Waals surface area contributed by atoms with E-state index in [9.17, 15) is 4.79 Å². The number of rotatable bonds is 4. The highest BCUT2D eigenvalue weighted by Crippen LogP contribution is 2.04. The monoisotopic (exact) mass is 195 g/mol. The molecule has 0 spiro atoms. The molecule has 14 heavy (non-hydrogen) atoms. The summed E-state index contributed by atoms with van der Waals surface area (Å²) in [5.74, 6) is 0.497. The predicted octanol–water partition coefficient (Wildman–Crippen LogP) is 0.106. The van der Waals surface area contributed by atoms with E-state index in [1.165, 1.54) is 12.4 Å². The fourth-order valence-electron chi connectivity index (χ4n) is 1.07. The van der Waals surface area contributed by atoms with Gasteiger partial charge in [-0.1, -0.05) is 0 Å². The molecular weight excluding hydrogens is 182 g/mol. The molecule has 1 unspecified atom stereocenters. The number of nitrogens with zero attached hydrogens (tertiary/aromatic N) is 3. The Morgan fingerprint density at radius 2 is 2.14 bits per heavy atom. The largest absolute Gasteiger partial charge is 0.392 e. The molecule has 0 saturated heterocycles. The van der Waals surface area contributed by atoms with E-state index in [-0.39, 0.29) is 0 Å². The molecule has 5 heteroatoms. The Morgan fingerprint density at radius 1 is 1.57 bits per heavy atom. The summed E-state index contributed by atoms with van der Waals surface area (Å²) in [5.41, 5.74) is 0.444. The number of aromatic nitrogens is 2. The summed E-state index contributed by atoms with van der Waals surface area (Å²) < 4.78 is 0. The molecule has 1 aromatic heterocycles. The Morgan fingerprint density at radius 3 is 2.57 bits per heavy atom. The molecule has 0 saturated carbocycles. The average Bonchev–Trinajstić information content (AvgIpc) is 2.17. The number of likely N-dealkylation sites (N-methyl/N-ethyl adjacent to an activating group) is 1. The standard InChI is InChI=1S/C9H13N3O2/c1-7(14)5-12(2)9-10-3-8(6-13)4-11-9/h3-4,6-7,14H,5H2,1-2H3. The van der Waals surface area contributed by atoms with Gasteiger partial charge in [0, 0.05) is 26.0 Å². The van der Waals surface area contributed by atoms with Gasteiger partial charge in [-0.05, 0) is 6.92 Å². The molecule has 1 N–H and O–H groups in total. The molecule has 0 aliphatic rings. The first-order valence-corrected chi connectivity index (χ1v) is 4.30. The van der Waals surface area contributed by atoms with Crippen LogP contribution in [0.4, 0.5) is 5.95 Å². The predicted molar refractivity (Wildman–Crippen MR) is 52.4 cm³/mol. The van der Waals surface area contributed by atoms with Crippen molar-refractivity contribution in [3.63, 3.8) is 0 Å². The second kappa shape index (κ2) is 4.66. The molecular formula is C9H13N3O2. The van der Waals surface area contributed by atoms with Gasteiger partial charge in [-0.15, -0.1) is 0 Å². The minimum atomic E-state index is -0.436. The summed E-state index contributed by atoms with van der Waals surface area (Å²) in [4.78, 5) is 20.0. The molecule has 0 aliphatic carbocycles. The van der Waals surface area contributed by atoms with Crippen molar-refractivity contribution in [2.24, 2.45) is 0 Å². The van der Waals surface area contributed by atoms with Crippen LogP contribution in [0.15, 0.2) is 12.4 Å². The highest BCUT2D eigenvalue weighted by Gasteiger charge is 2.06. The first-order valence-electron chi connectivity index (χ1n) is 4.30. The third kappa shape index (κ3) is 2.77. The van der Waals surface area contributed by atoms with Gasteiger partial charge < -0.3 is 10.0 Å². The van der Waals surface area contributed by atoms with E-state index >= 15 is 0 Å². The van der Waals surface area contributed by atoms with Crippen LogP contribution in [0.3, 0.4) is 0 Å². The van der Waals surface area contributed by atoms with Gasteiger partial charge >= 0.3 is 0 Å². The molecule has 0 amide bonds. The zero-order chi connectivity index (χ0) is 10.6. The normalized spacial score (nSPS) is 12.2. The highest BCUT2D eigenvalue weighted by molar-refractivity contribution is 5.73. The number of hydrogen-bond donors (Lipinski definition) is 1. The maximum absolute atomic E-state index is 10.3. The molecule has 0 radical (unpaired) electrons. The Kier molecular flexibility index (Phi) is 3.53. The maximum Gasteiger partial charge on any atom is 0.225 e. The van der Waals surface area contributed by atoms with Crippen molar-refractivity contribution in [3.8, 4) is 0 Å². The molecule has 1 atom stereocenters. The van der Waals surface area contributed by atoms with Gasteiger partial charge in [0.05, 0.1) is 11.7 Å². The van der Waals surface area contributed by atoms with Crippen molar-refractivity contribution in [1.82, 2.24) is 9.97 Å². The molecule has 5 nitrogen and oxygen atoms in total. The Balaban J connectivity index is 2.71. The van der Waals surface area contributed by atoms with Crippen molar-refractivity contribution in [2.45, 2.75) is 13.0 Å². The fraction of sp³-hybridized carbons (Fsp3) is 0.444. The van der Waals surface area contributed by atoms with Gasteiger partial charge in [0.2, 0.25) is 5.95 Å².